The normalized spacial score (nSPS) is 27.4. The molecule has 0 bridgehead atoms. The number of nitrogens with one attached hydrogen (secondary N) is 1. The number of carbonyl (C=O) groups is 2. The lowest BCUT2D eigenvalue weighted by Gasteiger charge is -2.46. The number of carboxylic acids is 1. The molecular formula is C30H33F5N2O4. The van der Waals surface area contributed by atoms with Gasteiger partial charge in [-0.1, -0.05) is 13.0 Å². The van der Waals surface area contributed by atoms with E-state index in [1.165, 1.54) is 12.1 Å². The summed E-state index contributed by atoms with van der Waals surface area (Å²) in [6, 6.07) is 6.61. The molecule has 222 valence electrons. The highest BCUT2D eigenvalue weighted by molar-refractivity contribution is 5.88. The van der Waals surface area contributed by atoms with E-state index in [1.54, 1.807) is 6.07 Å². The smallest absolute Gasteiger partial charge is 0.416 e. The van der Waals surface area contributed by atoms with Gasteiger partial charge >= 0.3 is 12.1 Å². The molecule has 11 heteroatoms. The van der Waals surface area contributed by atoms with E-state index < -0.39 is 34.9 Å². The summed E-state index contributed by atoms with van der Waals surface area (Å²) in [6.45, 7) is 3.66. The average Bonchev–Trinajstić information content (AvgIpc) is 3.77. The molecule has 1 amide bonds. The quantitative estimate of drug-likeness (QED) is 0.408. The van der Waals surface area contributed by atoms with Crippen LogP contribution in [-0.2, 0) is 22.3 Å². The number of rotatable bonds is 7. The van der Waals surface area contributed by atoms with Crippen molar-refractivity contribution in [3.63, 3.8) is 0 Å². The lowest BCUT2D eigenvalue weighted by molar-refractivity contribution is -0.166. The molecule has 0 radical (unpaired) electrons. The maximum absolute atomic E-state index is 13.9. The molecule has 2 unspecified atom stereocenters. The van der Waals surface area contributed by atoms with Gasteiger partial charge in [-0.2, -0.15) is 13.2 Å². The number of hydrogen-bond donors (Lipinski definition) is 2. The third kappa shape index (κ3) is 6.25. The topological polar surface area (TPSA) is 78.9 Å². The molecule has 2 saturated heterocycles. The maximum atomic E-state index is 13.9. The highest BCUT2D eigenvalue weighted by Gasteiger charge is 2.54. The second-order valence-corrected chi connectivity index (χ2v) is 11.6. The van der Waals surface area contributed by atoms with Gasteiger partial charge < -0.3 is 15.2 Å². The van der Waals surface area contributed by atoms with Crippen LogP contribution in [0.25, 0.3) is 0 Å². The summed E-state index contributed by atoms with van der Waals surface area (Å²) in [6.07, 6.45) is -1.09. The van der Waals surface area contributed by atoms with Gasteiger partial charge in [0, 0.05) is 19.1 Å². The van der Waals surface area contributed by atoms with E-state index in [0.29, 0.717) is 25.5 Å². The van der Waals surface area contributed by atoms with Crippen molar-refractivity contribution < 1.29 is 41.4 Å². The number of ether oxygens (including phenoxy) is 1. The fourth-order valence-corrected chi connectivity index (χ4v) is 6.50. The summed E-state index contributed by atoms with van der Waals surface area (Å²) in [7, 11) is 0. The lowest BCUT2D eigenvalue weighted by Crippen LogP contribution is -2.57. The Morgan fingerprint density at radius 2 is 1.85 bits per heavy atom. The van der Waals surface area contributed by atoms with Gasteiger partial charge in [-0.15, -0.1) is 0 Å². The Kier molecular flexibility index (Phi) is 8.13. The van der Waals surface area contributed by atoms with Crippen LogP contribution in [0.3, 0.4) is 0 Å². The molecule has 1 saturated carbocycles. The van der Waals surface area contributed by atoms with E-state index in [9.17, 15) is 36.6 Å². The van der Waals surface area contributed by atoms with Crippen LogP contribution in [0.15, 0.2) is 36.4 Å². The number of nitrogens with zero attached hydrogens (tertiary/aromatic N) is 1. The van der Waals surface area contributed by atoms with E-state index in [4.69, 9.17) is 4.74 Å². The van der Waals surface area contributed by atoms with Gasteiger partial charge in [-0.3, -0.25) is 9.69 Å². The summed E-state index contributed by atoms with van der Waals surface area (Å²) >= 11 is 0. The van der Waals surface area contributed by atoms with Crippen LogP contribution in [0.5, 0.6) is 0 Å². The van der Waals surface area contributed by atoms with Crippen LogP contribution in [0.1, 0.15) is 72.0 Å². The van der Waals surface area contributed by atoms with Gasteiger partial charge in [0.1, 0.15) is 17.2 Å². The zero-order valence-corrected chi connectivity index (χ0v) is 22.6. The molecule has 0 aromatic heterocycles. The molecule has 5 rings (SSSR count). The molecule has 2 heterocycles. The van der Waals surface area contributed by atoms with Gasteiger partial charge in [-0.25, -0.2) is 13.6 Å². The van der Waals surface area contributed by atoms with Crippen LogP contribution in [0.2, 0.25) is 0 Å². The highest BCUT2D eigenvalue weighted by Crippen LogP contribution is 2.47. The fourth-order valence-electron chi connectivity index (χ4n) is 6.50. The van der Waals surface area contributed by atoms with E-state index in [0.717, 1.165) is 50.0 Å². The first-order chi connectivity index (χ1) is 19.4. The third-order valence-electron chi connectivity index (χ3n) is 8.84. The number of likely N-dealkylation sites (tertiary alicyclic amines) is 1. The predicted octanol–water partition coefficient (Wildman–Crippen LogP) is 5.75. The van der Waals surface area contributed by atoms with Gasteiger partial charge in [-0.05, 0) is 97.9 Å². The van der Waals surface area contributed by atoms with Crippen LogP contribution in [0.4, 0.5) is 22.0 Å². The molecule has 3 aliphatic rings. The van der Waals surface area contributed by atoms with Crippen LogP contribution < -0.4 is 5.32 Å². The Balaban J connectivity index is 1.19. The number of alkyl halides is 3. The molecule has 3 fully saturated rings. The van der Waals surface area contributed by atoms with E-state index in [2.05, 4.69) is 17.1 Å². The Bertz CT molecular complexity index is 1300. The Labute approximate surface area is 234 Å². The largest absolute Gasteiger partial charge is 0.478 e. The molecule has 41 heavy (non-hydrogen) atoms. The van der Waals surface area contributed by atoms with Crippen LogP contribution >= 0.6 is 0 Å². The maximum Gasteiger partial charge on any atom is 0.416 e. The number of amides is 1. The first kappa shape index (κ1) is 29.4. The van der Waals surface area contributed by atoms with E-state index in [-0.39, 0.29) is 47.4 Å². The van der Waals surface area contributed by atoms with Crippen molar-refractivity contribution in [3.8, 4) is 0 Å². The summed E-state index contributed by atoms with van der Waals surface area (Å²) in [5, 5.41) is 12.0. The summed E-state index contributed by atoms with van der Waals surface area (Å²) in [5.74, 6) is -3.14. The molecule has 0 spiro atoms. The Hall–Kier alpha value is -3.05. The van der Waals surface area contributed by atoms with Crippen LogP contribution in [0, 0.1) is 23.5 Å². The van der Waals surface area contributed by atoms with Gasteiger partial charge in [0.25, 0.3) is 5.91 Å². The second kappa shape index (κ2) is 11.3. The number of benzene rings is 2. The van der Waals surface area contributed by atoms with Crippen molar-refractivity contribution in [1.82, 2.24) is 10.2 Å². The second-order valence-electron chi connectivity index (χ2n) is 11.6. The van der Waals surface area contributed by atoms with E-state index in [1.807, 2.05) is 0 Å². The first-order valence-electron chi connectivity index (χ1n) is 13.9. The Morgan fingerprint density at radius 3 is 2.46 bits per heavy atom. The zero-order valence-electron chi connectivity index (χ0n) is 22.6. The van der Waals surface area contributed by atoms with Gasteiger partial charge in [0.15, 0.2) is 0 Å². The molecule has 2 aromatic rings. The highest BCUT2D eigenvalue weighted by atomic mass is 19.4. The predicted molar refractivity (Wildman–Crippen MR) is 139 cm³/mol. The number of hydrogen-bond acceptors (Lipinski definition) is 4. The third-order valence-corrected chi connectivity index (χ3v) is 8.84. The molecule has 2 aromatic carbocycles. The Morgan fingerprint density at radius 1 is 1.10 bits per heavy atom. The monoisotopic (exact) mass is 580 g/mol. The number of piperidine rings is 1. The van der Waals surface area contributed by atoms with Crippen molar-refractivity contribution in [1.29, 1.82) is 0 Å². The first-order valence-corrected chi connectivity index (χ1v) is 13.9. The molecule has 1 aliphatic carbocycles. The molecular weight excluding hydrogens is 547 g/mol. The fraction of sp³-hybridized carbons (Fsp3) is 0.533. The van der Waals surface area contributed by atoms with Crippen LogP contribution in [-0.4, -0.2) is 53.2 Å². The minimum atomic E-state index is -4.69. The molecule has 2 aliphatic heterocycles. The van der Waals surface area contributed by atoms with Crippen molar-refractivity contribution >= 4 is 11.9 Å². The van der Waals surface area contributed by atoms with E-state index >= 15 is 0 Å². The average molecular weight is 581 g/mol. The summed E-state index contributed by atoms with van der Waals surface area (Å²) in [4.78, 5) is 27.0. The minimum absolute atomic E-state index is 0.0267. The van der Waals surface area contributed by atoms with Gasteiger partial charge in [0.05, 0.1) is 17.7 Å². The molecule has 6 nitrogen and oxygen atoms in total. The molecule has 2 N–H and O–H groups in total. The number of carboxylic acid groups (broad SMARTS) is 1. The number of halogens is 5. The van der Waals surface area contributed by atoms with Crippen molar-refractivity contribution in [2.24, 2.45) is 11.8 Å². The molecule has 4 atom stereocenters. The van der Waals surface area contributed by atoms with Crippen molar-refractivity contribution in [2.45, 2.75) is 69.3 Å². The van der Waals surface area contributed by atoms with Gasteiger partial charge in [0.2, 0.25) is 0 Å². The summed E-state index contributed by atoms with van der Waals surface area (Å²) in [5.41, 5.74) is -1.65. The SMILES string of the molecule is C[C@@H]1CN(C2CC[C@@](C(=O)NCc3cc(F)cc(C(F)(F)F)c3)(C3CC3)OC2)CCC1c1ccc(F)c(C(=O)O)c1. The zero-order chi connectivity index (χ0) is 29.5. The number of carbonyl (C=O) groups excluding carboxylic acids is 1. The number of aromatic carboxylic acids is 1. The standard InChI is InChI=1S/C30H33F5N2O4/c1-17-15-37(9-7-24(17)19-2-5-26(32)25(12-19)27(38)39)23-6-8-29(41-16-23,20-3-4-20)28(40)36-14-18-10-21(30(33,34)35)13-22(31)11-18/h2,5,10-13,17,20,23-24H,3-4,6-9,14-16H2,1H3,(H,36,40)(H,38,39)/t17-,23?,24?,29+/m1/s1. The van der Waals surface area contributed by atoms with Crippen molar-refractivity contribution in [2.75, 3.05) is 19.7 Å². The minimum Gasteiger partial charge on any atom is -0.478 e. The lowest BCUT2D eigenvalue weighted by atomic mass is 9.79. The summed E-state index contributed by atoms with van der Waals surface area (Å²) < 4.78 is 73.2. The van der Waals surface area contributed by atoms with Crippen molar-refractivity contribution in [3.05, 3.63) is 70.3 Å².